The first kappa shape index (κ1) is 15.9. The van der Waals surface area contributed by atoms with Gasteiger partial charge in [0.05, 0.1) is 10.9 Å². The van der Waals surface area contributed by atoms with Crippen LogP contribution in [0, 0.1) is 11.7 Å². The third-order valence-corrected chi connectivity index (χ3v) is 3.63. The molecule has 1 atom stereocenters. The summed E-state index contributed by atoms with van der Waals surface area (Å²) in [7, 11) is 0. The molecule has 3 nitrogen and oxygen atoms in total. The minimum absolute atomic E-state index is 0.0235. The van der Waals surface area contributed by atoms with Crippen LogP contribution in [0.2, 0.25) is 5.02 Å². The van der Waals surface area contributed by atoms with Crippen LogP contribution in [0.4, 0.5) is 28.0 Å². The van der Waals surface area contributed by atoms with Crippen molar-refractivity contribution in [2.24, 2.45) is 5.92 Å². The van der Waals surface area contributed by atoms with E-state index in [2.05, 4.69) is 5.32 Å². The summed E-state index contributed by atoms with van der Waals surface area (Å²) in [6.07, 6.45) is -3.99. The minimum atomic E-state index is -4.31. The van der Waals surface area contributed by atoms with Crippen molar-refractivity contribution in [2.45, 2.75) is 19.0 Å². The van der Waals surface area contributed by atoms with E-state index in [4.69, 9.17) is 11.6 Å². The fraction of sp³-hybridized carbons (Fsp3) is 0.462. The maximum atomic E-state index is 13.0. The van der Waals surface area contributed by atoms with Gasteiger partial charge >= 0.3 is 12.2 Å². The van der Waals surface area contributed by atoms with E-state index in [1.165, 1.54) is 12.1 Å². The van der Waals surface area contributed by atoms with Crippen LogP contribution in [0.3, 0.4) is 0 Å². The van der Waals surface area contributed by atoms with Gasteiger partial charge in [0.15, 0.2) is 0 Å². The predicted octanol–water partition coefficient (Wildman–Crippen LogP) is 4.29. The molecule has 1 aliphatic heterocycles. The summed E-state index contributed by atoms with van der Waals surface area (Å²) in [4.78, 5) is 13.1. The predicted molar refractivity (Wildman–Crippen MR) is 70.8 cm³/mol. The molecule has 2 rings (SSSR count). The largest absolute Gasteiger partial charge is 0.393 e. The number of carbonyl (C=O) groups excluding carboxylic acids is 1. The van der Waals surface area contributed by atoms with Gasteiger partial charge in [0.25, 0.3) is 0 Å². The van der Waals surface area contributed by atoms with Crippen molar-refractivity contribution >= 4 is 23.3 Å². The lowest BCUT2D eigenvalue weighted by molar-refractivity contribution is -0.183. The van der Waals surface area contributed by atoms with E-state index in [1.54, 1.807) is 0 Å². The first-order valence-corrected chi connectivity index (χ1v) is 6.73. The van der Waals surface area contributed by atoms with Crippen molar-refractivity contribution in [2.75, 3.05) is 18.4 Å². The van der Waals surface area contributed by atoms with Gasteiger partial charge in [-0.3, -0.25) is 0 Å². The van der Waals surface area contributed by atoms with Crippen molar-refractivity contribution in [1.82, 2.24) is 4.90 Å². The molecule has 0 saturated carbocycles. The lowest BCUT2D eigenvalue weighted by Gasteiger charge is -2.33. The van der Waals surface area contributed by atoms with Crippen molar-refractivity contribution in [1.29, 1.82) is 0 Å². The molecule has 8 heteroatoms. The number of piperidine rings is 1. The van der Waals surface area contributed by atoms with Crippen molar-refractivity contribution in [3.05, 3.63) is 29.0 Å². The fourth-order valence-electron chi connectivity index (χ4n) is 2.21. The van der Waals surface area contributed by atoms with Crippen LogP contribution >= 0.6 is 11.6 Å². The zero-order valence-electron chi connectivity index (χ0n) is 10.9. The van der Waals surface area contributed by atoms with Gasteiger partial charge in [-0.1, -0.05) is 11.6 Å². The molecule has 116 valence electrons. The number of hydrogen-bond acceptors (Lipinski definition) is 1. The highest BCUT2D eigenvalue weighted by Gasteiger charge is 2.42. The number of likely N-dealkylation sites (tertiary alicyclic amines) is 1. The first-order chi connectivity index (χ1) is 9.77. The Hall–Kier alpha value is -1.50. The Morgan fingerprint density at radius 3 is 2.71 bits per heavy atom. The Morgan fingerprint density at radius 2 is 2.10 bits per heavy atom. The second kappa shape index (κ2) is 6.09. The third kappa shape index (κ3) is 4.00. The standard InChI is InChI=1S/C13H13ClF4N2O/c14-10-6-9(3-4-11(10)15)19-12(21)20-5-1-2-8(7-20)13(16,17)18/h3-4,6,8H,1-2,5,7H2,(H,19,21). The number of halogens is 5. The number of hydrogen-bond donors (Lipinski definition) is 1. The highest BCUT2D eigenvalue weighted by atomic mass is 35.5. The van der Waals surface area contributed by atoms with Gasteiger partial charge in [-0.2, -0.15) is 13.2 Å². The molecule has 0 spiro atoms. The minimum Gasteiger partial charge on any atom is -0.324 e. The van der Waals surface area contributed by atoms with E-state index in [0.29, 0.717) is 6.42 Å². The van der Waals surface area contributed by atoms with Crippen LogP contribution in [0.1, 0.15) is 12.8 Å². The van der Waals surface area contributed by atoms with Crippen LogP contribution in [0.5, 0.6) is 0 Å². The van der Waals surface area contributed by atoms with Gasteiger partial charge in [-0.15, -0.1) is 0 Å². The molecule has 1 saturated heterocycles. The number of rotatable bonds is 1. The topological polar surface area (TPSA) is 32.3 Å². The zero-order valence-corrected chi connectivity index (χ0v) is 11.6. The highest BCUT2D eigenvalue weighted by Crippen LogP contribution is 2.33. The van der Waals surface area contributed by atoms with E-state index in [-0.39, 0.29) is 30.2 Å². The summed E-state index contributed by atoms with van der Waals surface area (Å²) in [5, 5.41) is 2.25. The Kier molecular flexibility index (Phi) is 4.61. The van der Waals surface area contributed by atoms with E-state index in [1.807, 2.05) is 0 Å². The lowest BCUT2D eigenvalue weighted by atomic mass is 9.98. The second-order valence-corrected chi connectivity index (χ2v) is 5.29. The van der Waals surface area contributed by atoms with Gasteiger partial charge in [-0.25, -0.2) is 9.18 Å². The molecule has 1 aromatic rings. The first-order valence-electron chi connectivity index (χ1n) is 6.35. The van der Waals surface area contributed by atoms with Crippen molar-refractivity contribution in [3.8, 4) is 0 Å². The lowest BCUT2D eigenvalue weighted by Crippen LogP contribution is -2.46. The molecule has 1 unspecified atom stereocenters. The van der Waals surface area contributed by atoms with E-state index in [0.717, 1.165) is 11.0 Å². The number of benzene rings is 1. The summed E-state index contributed by atoms with van der Waals surface area (Å²) in [6.45, 7) is -0.113. The smallest absolute Gasteiger partial charge is 0.324 e. The van der Waals surface area contributed by atoms with Gasteiger partial charge in [0.1, 0.15) is 5.82 Å². The quantitative estimate of drug-likeness (QED) is 0.768. The molecule has 1 fully saturated rings. The monoisotopic (exact) mass is 324 g/mol. The van der Waals surface area contributed by atoms with Crippen LogP contribution in [-0.4, -0.2) is 30.2 Å². The fourth-order valence-corrected chi connectivity index (χ4v) is 2.39. The number of amides is 2. The highest BCUT2D eigenvalue weighted by molar-refractivity contribution is 6.31. The van der Waals surface area contributed by atoms with Crippen molar-refractivity contribution in [3.63, 3.8) is 0 Å². The molecular formula is C13H13ClF4N2O. The van der Waals surface area contributed by atoms with Crippen LogP contribution in [0.25, 0.3) is 0 Å². The van der Waals surface area contributed by atoms with Gasteiger partial charge in [-0.05, 0) is 31.0 Å². The molecule has 1 heterocycles. The molecule has 0 aliphatic carbocycles. The molecule has 1 N–H and O–H groups in total. The summed E-state index contributed by atoms with van der Waals surface area (Å²) in [5.74, 6) is -2.14. The number of alkyl halides is 3. The summed E-state index contributed by atoms with van der Waals surface area (Å²) < 4.78 is 51.0. The normalized spacial score (nSPS) is 19.5. The van der Waals surface area contributed by atoms with Crippen molar-refractivity contribution < 1.29 is 22.4 Å². The molecule has 0 radical (unpaired) electrons. The summed E-state index contributed by atoms with van der Waals surface area (Å²) in [5.41, 5.74) is 0.237. The Morgan fingerprint density at radius 1 is 1.38 bits per heavy atom. The van der Waals surface area contributed by atoms with Crippen LogP contribution < -0.4 is 5.32 Å². The number of urea groups is 1. The van der Waals surface area contributed by atoms with Crippen LogP contribution in [0.15, 0.2) is 18.2 Å². The SMILES string of the molecule is O=C(Nc1ccc(F)c(Cl)c1)N1CCCC(C(F)(F)F)C1. The summed E-state index contributed by atoms with van der Waals surface area (Å²) >= 11 is 5.58. The average Bonchev–Trinajstić information content (AvgIpc) is 2.42. The molecule has 21 heavy (non-hydrogen) atoms. The van der Waals surface area contributed by atoms with Gasteiger partial charge in [0.2, 0.25) is 0 Å². The summed E-state index contributed by atoms with van der Waals surface area (Å²) in [6, 6.07) is 2.93. The number of nitrogens with zero attached hydrogens (tertiary/aromatic N) is 1. The maximum absolute atomic E-state index is 13.0. The molecule has 1 aromatic carbocycles. The average molecular weight is 325 g/mol. The Labute approximate surface area is 123 Å². The molecule has 1 aliphatic rings. The molecule has 0 bridgehead atoms. The Balaban J connectivity index is 2.01. The van der Waals surface area contributed by atoms with E-state index in [9.17, 15) is 22.4 Å². The van der Waals surface area contributed by atoms with Crippen LogP contribution in [-0.2, 0) is 0 Å². The molecule has 2 amide bonds. The van der Waals surface area contributed by atoms with E-state index < -0.39 is 23.9 Å². The Bertz CT molecular complexity index is 535. The second-order valence-electron chi connectivity index (χ2n) is 4.89. The number of anilines is 1. The zero-order chi connectivity index (χ0) is 15.6. The third-order valence-electron chi connectivity index (χ3n) is 3.34. The maximum Gasteiger partial charge on any atom is 0.393 e. The van der Waals surface area contributed by atoms with Gasteiger partial charge in [0, 0.05) is 18.8 Å². The number of nitrogens with one attached hydrogen (secondary N) is 1. The molecule has 0 aromatic heterocycles. The van der Waals surface area contributed by atoms with Gasteiger partial charge < -0.3 is 10.2 Å². The van der Waals surface area contributed by atoms with E-state index >= 15 is 0 Å². The number of carbonyl (C=O) groups is 1. The molecular weight excluding hydrogens is 312 g/mol.